The molecule has 6 rings (SSSR count). The van der Waals surface area contributed by atoms with E-state index in [1.54, 1.807) is 24.5 Å². The lowest BCUT2D eigenvalue weighted by molar-refractivity contribution is 0.567. The summed E-state index contributed by atoms with van der Waals surface area (Å²) in [7, 11) is 0. The van der Waals surface area contributed by atoms with E-state index in [1.807, 2.05) is 24.4 Å². The van der Waals surface area contributed by atoms with Gasteiger partial charge in [0.05, 0.1) is 16.5 Å². The van der Waals surface area contributed by atoms with E-state index in [0.29, 0.717) is 12.1 Å². The molecule has 4 heterocycles. The number of hydrogen-bond donors (Lipinski definition) is 2. The molecule has 30 heavy (non-hydrogen) atoms. The van der Waals surface area contributed by atoms with Crippen LogP contribution in [0.15, 0.2) is 61.1 Å². The lowest BCUT2D eigenvalue weighted by atomic mass is 9.92. The van der Waals surface area contributed by atoms with Crippen molar-refractivity contribution in [2.24, 2.45) is 0 Å². The number of para-hydroxylation sites is 1. The molecule has 5 aromatic rings. The first-order chi connectivity index (χ1) is 14.7. The summed E-state index contributed by atoms with van der Waals surface area (Å²) in [6.45, 7) is 0.697. The SMILES string of the molecule is Fc1c(Cl)cccc1[C@@H]1c2[nH]c3ccccc3c2CCN1c1ncnc2[nH]ccc12. The number of rotatable bonds is 2. The van der Waals surface area contributed by atoms with Crippen LogP contribution in [0.25, 0.3) is 21.9 Å². The molecule has 148 valence electrons. The number of aromatic nitrogens is 4. The zero-order chi connectivity index (χ0) is 20.2. The zero-order valence-electron chi connectivity index (χ0n) is 15.9. The Balaban J connectivity index is 1.63. The van der Waals surface area contributed by atoms with Gasteiger partial charge in [-0.3, -0.25) is 0 Å². The molecule has 0 unspecified atom stereocenters. The first-order valence-electron chi connectivity index (χ1n) is 9.80. The number of hydrogen-bond acceptors (Lipinski definition) is 3. The number of aromatic amines is 2. The van der Waals surface area contributed by atoms with E-state index < -0.39 is 5.82 Å². The first kappa shape index (κ1) is 17.5. The van der Waals surface area contributed by atoms with Crippen LogP contribution in [-0.4, -0.2) is 26.5 Å². The summed E-state index contributed by atoms with van der Waals surface area (Å²) in [6, 6.07) is 14.9. The van der Waals surface area contributed by atoms with Crippen LogP contribution in [0.1, 0.15) is 22.9 Å². The molecule has 0 aliphatic carbocycles. The van der Waals surface area contributed by atoms with Crippen molar-refractivity contribution in [1.29, 1.82) is 0 Å². The summed E-state index contributed by atoms with van der Waals surface area (Å²) in [5, 5.41) is 2.20. The number of nitrogens with zero attached hydrogens (tertiary/aromatic N) is 3. The van der Waals surface area contributed by atoms with Crippen molar-refractivity contribution in [2.75, 3.05) is 11.4 Å². The lowest BCUT2D eigenvalue weighted by Gasteiger charge is -2.37. The highest BCUT2D eigenvalue weighted by atomic mass is 35.5. The van der Waals surface area contributed by atoms with Gasteiger partial charge in [0.2, 0.25) is 0 Å². The second kappa shape index (κ2) is 6.57. The molecule has 0 amide bonds. The largest absolute Gasteiger partial charge is 0.356 e. The quantitative estimate of drug-likeness (QED) is 0.405. The van der Waals surface area contributed by atoms with Crippen molar-refractivity contribution in [1.82, 2.24) is 19.9 Å². The van der Waals surface area contributed by atoms with Crippen LogP contribution in [0.3, 0.4) is 0 Å². The second-order valence-electron chi connectivity index (χ2n) is 7.49. The predicted octanol–water partition coefficient (Wildman–Crippen LogP) is 5.38. The fourth-order valence-corrected chi connectivity index (χ4v) is 4.79. The monoisotopic (exact) mass is 417 g/mol. The number of fused-ring (bicyclic) bond motifs is 4. The van der Waals surface area contributed by atoms with Crippen LogP contribution in [0.2, 0.25) is 5.02 Å². The first-order valence-corrected chi connectivity index (χ1v) is 10.2. The van der Waals surface area contributed by atoms with Crippen molar-refractivity contribution in [3.8, 4) is 0 Å². The highest BCUT2D eigenvalue weighted by Crippen LogP contribution is 2.43. The Morgan fingerprint density at radius 1 is 1.03 bits per heavy atom. The van der Waals surface area contributed by atoms with Crippen LogP contribution in [-0.2, 0) is 6.42 Å². The van der Waals surface area contributed by atoms with Crippen molar-refractivity contribution < 1.29 is 4.39 Å². The number of anilines is 1. The summed E-state index contributed by atoms with van der Waals surface area (Å²) in [4.78, 5) is 17.7. The van der Waals surface area contributed by atoms with Gasteiger partial charge in [0.15, 0.2) is 0 Å². The Bertz CT molecular complexity index is 1410. The summed E-state index contributed by atoms with van der Waals surface area (Å²) < 4.78 is 15.3. The molecular weight excluding hydrogens is 401 g/mol. The smallest absolute Gasteiger partial charge is 0.147 e. The van der Waals surface area contributed by atoms with Crippen LogP contribution in [0.4, 0.5) is 10.2 Å². The number of halogens is 2. The lowest BCUT2D eigenvalue weighted by Crippen LogP contribution is -2.37. The Morgan fingerprint density at radius 2 is 1.93 bits per heavy atom. The van der Waals surface area contributed by atoms with Gasteiger partial charge in [-0.15, -0.1) is 0 Å². The number of nitrogens with one attached hydrogen (secondary N) is 2. The van der Waals surface area contributed by atoms with Gasteiger partial charge < -0.3 is 14.9 Å². The molecule has 0 saturated heterocycles. The Labute approximate surface area is 176 Å². The molecule has 0 saturated carbocycles. The molecule has 0 spiro atoms. The highest BCUT2D eigenvalue weighted by molar-refractivity contribution is 6.30. The average molecular weight is 418 g/mol. The minimum atomic E-state index is -0.403. The Morgan fingerprint density at radius 3 is 2.87 bits per heavy atom. The van der Waals surface area contributed by atoms with E-state index in [-0.39, 0.29) is 11.1 Å². The van der Waals surface area contributed by atoms with Crippen LogP contribution >= 0.6 is 11.6 Å². The fraction of sp³-hybridized carbons (Fsp3) is 0.130. The molecule has 7 heteroatoms. The van der Waals surface area contributed by atoms with E-state index in [4.69, 9.17) is 11.6 Å². The molecule has 0 radical (unpaired) electrons. The van der Waals surface area contributed by atoms with Gasteiger partial charge in [0.25, 0.3) is 0 Å². The van der Waals surface area contributed by atoms with Gasteiger partial charge in [0.1, 0.15) is 23.6 Å². The average Bonchev–Trinajstić information content (AvgIpc) is 3.39. The summed E-state index contributed by atoms with van der Waals surface area (Å²) in [5.41, 5.74) is 4.52. The summed E-state index contributed by atoms with van der Waals surface area (Å²) in [6.07, 6.45) is 4.21. The third kappa shape index (κ3) is 2.47. The topological polar surface area (TPSA) is 60.6 Å². The van der Waals surface area contributed by atoms with Gasteiger partial charge in [0, 0.05) is 34.9 Å². The molecule has 1 aliphatic rings. The van der Waals surface area contributed by atoms with Crippen LogP contribution in [0, 0.1) is 5.82 Å². The molecule has 0 bridgehead atoms. The van der Waals surface area contributed by atoms with Gasteiger partial charge in [-0.2, -0.15) is 0 Å². The highest BCUT2D eigenvalue weighted by Gasteiger charge is 2.35. The van der Waals surface area contributed by atoms with Gasteiger partial charge >= 0.3 is 0 Å². The predicted molar refractivity (Wildman–Crippen MR) is 116 cm³/mol. The molecule has 2 aromatic carbocycles. The Hall–Kier alpha value is -3.38. The molecule has 1 aliphatic heterocycles. The summed E-state index contributed by atoms with van der Waals surface area (Å²) in [5.74, 6) is 0.370. The van der Waals surface area contributed by atoms with E-state index in [2.05, 4.69) is 37.0 Å². The third-order valence-electron chi connectivity index (χ3n) is 5.92. The van der Waals surface area contributed by atoms with Crippen molar-refractivity contribution in [3.05, 3.63) is 88.7 Å². The molecular formula is C23H17ClFN5. The maximum Gasteiger partial charge on any atom is 0.147 e. The standard InChI is InChI=1S/C23H17ClFN5/c24-17-6-3-5-15(19(17)25)21-20-14(13-4-1-2-7-18(13)29-20)9-11-30(21)23-16-8-10-26-22(16)27-12-28-23/h1-8,10,12,21,29H,9,11H2,(H,26,27,28)/t21-/m1/s1. The van der Waals surface area contributed by atoms with E-state index in [9.17, 15) is 0 Å². The maximum absolute atomic E-state index is 15.3. The second-order valence-corrected chi connectivity index (χ2v) is 7.90. The van der Waals surface area contributed by atoms with E-state index in [0.717, 1.165) is 34.5 Å². The minimum Gasteiger partial charge on any atom is -0.356 e. The molecule has 0 fully saturated rings. The summed E-state index contributed by atoms with van der Waals surface area (Å²) >= 11 is 6.18. The van der Waals surface area contributed by atoms with Gasteiger partial charge in [-0.05, 0) is 30.2 Å². The molecule has 3 aromatic heterocycles. The molecule has 1 atom stereocenters. The van der Waals surface area contributed by atoms with E-state index in [1.165, 1.54) is 10.9 Å². The van der Waals surface area contributed by atoms with Gasteiger partial charge in [-0.25, -0.2) is 14.4 Å². The third-order valence-corrected chi connectivity index (χ3v) is 6.21. The fourth-order valence-electron chi connectivity index (χ4n) is 4.61. The molecule has 5 nitrogen and oxygen atoms in total. The maximum atomic E-state index is 15.3. The normalized spacial score (nSPS) is 16.3. The number of H-pyrrole nitrogens is 2. The molecule has 2 N–H and O–H groups in total. The van der Waals surface area contributed by atoms with Crippen LogP contribution in [0.5, 0.6) is 0 Å². The number of benzene rings is 2. The van der Waals surface area contributed by atoms with Crippen molar-refractivity contribution in [2.45, 2.75) is 12.5 Å². The minimum absolute atomic E-state index is 0.116. The van der Waals surface area contributed by atoms with Crippen molar-refractivity contribution >= 4 is 39.4 Å². The van der Waals surface area contributed by atoms with Gasteiger partial charge in [-0.1, -0.05) is 41.9 Å². The Kier molecular flexibility index (Phi) is 3.83. The van der Waals surface area contributed by atoms with E-state index >= 15 is 4.39 Å². The van der Waals surface area contributed by atoms with Crippen LogP contribution < -0.4 is 4.90 Å². The zero-order valence-corrected chi connectivity index (χ0v) is 16.6. The van der Waals surface area contributed by atoms with Crippen molar-refractivity contribution in [3.63, 3.8) is 0 Å².